The van der Waals surface area contributed by atoms with Crippen LogP contribution in [0, 0.1) is 0 Å². The summed E-state index contributed by atoms with van der Waals surface area (Å²) in [6.07, 6.45) is 5.42. The van der Waals surface area contributed by atoms with Crippen LogP contribution in [0.3, 0.4) is 0 Å². The van der Waals surface area contributed by atoms with E-state index < -0.39 is 0 Å². The van der Waals surface area contributed by atoms with Crippen LogP contribution in [0.5, 0.6) is 0 Å². The van der Waals surface area contributed by atoms with Gasteiger partial charge in [0.05, 0.1) is 5.69 Å². The van der Waals surface area contributed by atoms with Crippen LogP contribution in [-0.2, 0) is 0 Å². The SMILES string of the molecule is C1=C(c2cccc3ccccc23)CCC(c2cc(-c3ccc(-c4nc5ccccc5o4)cc3)nc(-c3ccc(-c4ccccc4)cc3)n2)C1. The minimum absolute atomic E-state index is 0.307. The first-order chi connectivity index (χ1) is 24.2. The van der Waals surface area contributed by atoms with Crippen molar-refractivity contribution in [3.05, 3.63) is 169 Å². The molecule has 234 valence electrons. The van der Waals surface area contributed by atoms with Crippen LogP contribution in [0.4, 0.5) is 0 Å². The molecule has 49 heavy (non-hydrogen) atoms. The van der Waals surface area contributed by atoms with Gasteiger partial charge in [0.15, 0.2) is 11.4 Å². The van der Waals surface area contributed by atoms with Gasteiger partial charge in [-0.15, -0.1) is 0 Å². The van der Waals surface area contributed by atoms with Crippen molar-refractivity contribution in [2.75, 3.05) is 0 Å². The predicted octanol–water partition coefficient (Wildman–Crippen LogP) is 11.8. The van der Waals surface area contributed by atoms with Crippen LogP contribution in [0.2, 0.25) is 0 Å². The number of oxazole rings is 1. The van der Waals surface area contributed by atoms with Gasteiger partial charge in [-0.05, 0) is 82.6 Å². The highest BCUT2D eigenvalue weighted by molar-refractivity contribution is 5.94. The Hall–Kier alpha value is -6.13. The highest BCUT2D eigenvalue weighted by Gasteiger charge is 2.22. The van der Waals surface area contributed by atoms with Crippen molar-refractivity contribution < 1.29 is 4.42 Å². The molecule has 0 saturated carbocycles. The Morgan fingerprint density at radius 1 is 0.551 bits per heavy atom. The summed E-state index contributed by atoms with van der Waals surface area (Å²) in [5.74, 6) is 1.67. The van der Waals surface area contributed by atoms with Gasteiger partial charge in [-0.2, -0.15) is 0 Å². The monoisotopic (exact) mass is 631 g/mol. The Morgan fingerprint density at radius 2 is 1.24 bits per heavy atom. The molecule has 2 aromatic heterocycles. The summed E-state index contributed by atoms with van der Waals surface area (Å²) in [6, 6.07) is 52.8. The molecule has 9 rings (SSSR count). The zero-order chi connectivity index (χ0) is 32.6. The average Bonchev–Trinajstić information content (AvgIpc) is 3.63. The second-order valence-corrected chi connectivity index (χ2v) is 12.7. The second kappa shape index (κ2) is 12.5. The van der Waals surface area contributed by atoms with Gasteiger partial charge in [-0.3, -0.25) is 0 Å². The molecule has 4 heteroatoms. The van der Waals surface area contributed by atoms with E-state index in [1.165, 1.54) is 33.0 Å². The summed E-state index contributed by atoms with van der Waals surface area (Å²) in [4.78, 5) is 15.1. The van der Waals surface area contributed by atoms with Gasteiger partial charge in [0.25, 0.3) is 0 Å². The zero-order valence-corrected chi connectivity index (χ0v) is 27.0. The number of para-hydroxylation sites is 2. The van der Waals surface area contributed by atoms with Crippen molar-refractivity contribution >= 4 is 27.4 Å². The lowest BCUT2D eigenvalue weighted by atomic mass is 9.83. The molecule has 6 aromatic carbocycles. The fourth-order valence-electron chi connectivity index (χ4n) is 7.03. The maximum atomic E-state index is 6.04. The summed E-state index contributed by atoms with van der Waals surface area (Å²) in [5.41, 5.74) is 11.8. The van der Waals surface area contributed by atoms with Crippen LogP contribution in [0.1, 0.15) is 36.4 Å². The van der Waals surface area contributed by atoms with Crippen LogP contribution in [-0.4, -0.2) is 15.0 Å². The number of allylic oxidation sites excluding steroid dienone is 2. The molecule has 2 heterocycles. The lowest BCUT2D eigenvalue weighted by Crippen LogP contribution is -2.08. The first kappa shape index (κ1) is 29.0. The largest absolute Gasteiger partial charge is 0.436 e. The number of benzene rings is 6. The molecule has 0 radical (unpaired) electrons. The Morgan fingerprint density at radius 3 is 2.06 bits per heavy atom. The minimum atomic E-state index is 0.307. The summed E-state index contributed by atoms with van der Waals surface area (Å²) in [6.45, 7) is 0. The lowest BCUT2D eigenvalue weighted by molar-refractivity contribution is 0.608. The lowest BCUT2D eigenvalue weighted by Gasteiger charge is -2.23. The molecule has 1 aliphatic rings. The van der Waals surface area contributed by atoms with Crippen LogP contribution in [0.15, 0.2) is 162 Å². The molecule has 1 atom stereocenters. The van der Waals surface area contributed by atoms with Gasteiger partial charge in [0, 0.05) is 28.3 Å². The molecule has 4 nitrogen and oxygen atoms in total. The summed E-state index contributed by atoms with van der Waals surface area (Å²) in [7, 11) is 0. The Bertz CT molecular complexity index is 2420. The summed E-state index contributed by atoms with van der Waals surface area (Å²) >= 11 is 0. The average molecular weight is 632 g/mol. The zero-order valence-electron chi connectivity index (χ0n) is 27.0. The Balaban J connectivity index is 1.07. The van der Waals surface area contributed by atoms with Crippen LogP contribution >= 0.6 is 0 Å². The molecule has 0 aliphatic heterocycles. The molecule has 0 fully saturated rings. The topological polar surface area (TPSA) is 51.8 Å². The minimum Gasteiger partial charge on any atom is -0.436 e. The predicted molar refractivity (Wildman–Crippen MR) is 200 cm³/mol. The standard InChI is InChI=1S/C45H33N3O/c1-2-9-30(10-3-1)31-17-25-36(26-18-31)44-46-41(34-21-19-33(20-22-34)39-14-8-12-32-11-4-5-13-38(32)39)29-42(47-44)35-23-27-37(28-24-35)45-48-40-15-6-7-16-43(40)49-45/h1-19,23-29,34H,20-22H2. The first-order valence-corrected chi connectivity index (χ1v) is 16.9. The van der Waals surface area contributed by atoms with Crippen LogP contribution in [0.25, 0.3) is 72.7 Å². The molecule has 0 amide bonds. The van der Waals surface area contributed by atoms with Gasteiger partial charge < -0.3 is 4.42 Å². The van der Waals surface area contributed by atoms with Gasteiger partial charge in [-0.25, -0.2) is 15.0 Å². The van der Waals surface area contributed by atoms with E-state index in [1.54, 1.807) is 0 Å². The third-order valence-corrected chi connectivity index (χ3v) is 9.68. The summed E-state index contributed by atoms with van der Waals surface area (Å²) in [5, 5.41) is 2.61. The van der Waals surface area contributed by atoms with E-state index in [1.807, 2.05) is 30.3 Å². The van der Waals surface area contributed by atoms with Crippen molar-refractivity contribution in [3.8, 4) is 45.2 Å². The molecule has 8 aromatic rings. The van der Waals surface area contributed by atoms with Crippen molar-refractivity contribution in [1.29, 1.82) is 0 Å². The van der Waals surface area contributed by atoms with Gasteiger partial charge >= 0.3 is 0 Å². The fraction of sp³-hybridized carbons (Fsp3) is 0.0889. The fourth-order valence-corrected chi connectivity index (χ4v) is 7.03. The van der Waals surface area contributed by atoms with Crippen molar-refractivity contribution in [3.63, 3.8) is 0 Å². The number of fused-ring (bicyclic) bond motifs is 2. The first-order valence-electron chi connectivity index (χ1n) is 16.9. The van der Waals surface area contributed by atoms with Gasteiger partial charge in [0.2, 0.25) is 5.89 Å². The number of rotatable bonds is 6. The highest BCUT2D eigenvalue weighted by atomic mass is 16.3. The maximum Gasteiger partial charge on any atom is 0.227 e. The third kappa shape index (κ3) is 5.72. The number of nitrogens with zero attached hydrogens (tertiary/aromatic N) is 3. The van der Waals surface area contributed by atoms with E-state index in [0.29, 0.717) is 11.8 Å². The van der Waals surface area contributed by atoms with Crippen LogP contribution < -0.4 is 0 Å². The van der Waals surface area contributed by atoms with Crippen molar-refractivity contribution in [1.82, 2.24) is 15.0 Å². The van der Waals surface area contributed by atoms with E-state index >= 15 is 0 Å². The quantitative estimate of drug-likeness (QED) is 0.183. The molecular weight excluding hydrogens is 599 g/mol. The third-order valence-electron chi connectivity index (χ3n) is 9.68. The van der Waals surface area contributed by atoms with Crippen molar-refractivity contribution in [2.24, 2.45) is 0 Å². The van der Waals surface area contributed by atoms with Gasteiger partial charge in [-0.1, -0.05) is 127 Å². The Labute approximate surface area is 285 Å². The molecule has 0 spiro atoms. The molecule has 0 saturated heterocycles. The molecule has 0 N–H and O–H groups in total. The van der Waals surface area contributed by atoms with E-state index in [2.05, 4.69) is 127 Å². The second-order valence-electron chi connectivity index (χ2n) is 12.7. The van der Waals surface area contributed by atoms with E-state index in [4.69, 9.17) is 19.4 Å². The summed E-state index contributed by atoms with van der Waals surface area (Å²) < 4.78 is 6.04. The molecule has 1 unspecified atom stereocenters. The number of hydrogen-bond donors (Lipinski definition) is 0. The van der Waals surface area contributed by atoms with Crippen molar-refractivity contribution in [2.45, 2.75) is 25.2 Å². The van der Waals surface area contributed by atoms with Gasteiger partial charge in [0.1, 0.15) is 5.52 Å². The van der Waals surface area contributed by atoms with E-state index in [-0.39, 0.29) is 0 Å². The Kier molecular flexibility index (Phi) is 7.39. The molecule has 0 bridgehead atoms. The smallest absolute Gasteiger partial charge is 0.227 e. The number of hydrogen-bond acceptors (Lipinski definition) is 4. The van der Waals surface area contributed by atoms with E-state index in [0.717, 1.165) is 64.3 Å². The highest BCUT2D eigenvalue weighted by Crippen LogP contribution is 2.39. The molecule has 1 aliphatic carbocycles. The molecular formula is C45H33N3O. The van der Waals surface area contributed by atoms with E-state index in [9.17, 15) is 0 Å². The maximum absolute atomic E-state index is 6.04. The normalized spacial score (nSPS) is 14.6. The number of aromatic nitrogens is 3.